The first kappa shape index (κ1) is 13.0. The SMILES string of the molecule is COc1cccc(N)c1C(=O)Nc1ccccc1C. The Morgan fingerprint density at radius 3 is 2.58 bits per heavy atom. The van der Waals surface area contributed by atoms with Gasteiger partial charge < -0.3 is 15.8 Å². The number of nitrogens with two attached hydrogens (primary N) is 1. The van der Waals surface area contributed by atoms with E-state index in [2.05, 4.69) is 5.32 Å². The third-order valence-corrected chi connectivity index (χ3v) is 2.90. The predicted molar refractivity (Wildman–Crippen MR) is 76.5 cm³/mol. The lowest BCUT2D eigenvalue weighted by Gasteiger charge is -2.12. The van der Waals surface area contributed by atoms with E-state index in [0.29, 0.717) is 17.0 Å². The number of anilines is 2. The maximum absolute atomic E-state index is 12.3. The number of carbonyl (C=O) groups excluding carboxylic acids is 1. The lowest BCUT2D eigenvalue weighted by atomic mass is 10.1. The number of methoxy groups -OCH3 is 1. The summed E-state index contributed by atoms with van der Waals surface area (Å²) in [5.41, 5.74) is 8.35. The molecule has 0 bridgehead atoms. The number of hydrogen-bond acceptors (Lipinski definition) is 3. The van der Waals surface area contributed by atoms with E-state index >= 15 is 0 Å². The van der Waals surface area contributed by atoms with E-state index in [9.17, 15) is 4.79 Å². The van der Waals surface area contributed by atoms with Crippen molar-refractivity contribution in [1.82, 2.24) is 0 Å². The van der Waals surface area contributed by atoms with Crippen LogP contribution in [-0.2, 0) is 0 Å². The van der Waals surface area contributed by atoms with Gasteiger partial charge in [0.1, 0.15) is 11.3 Å². The van der Waals surface area contributed by atoms with Crippen LogP contribution in [0.3, 0.4) is 0 Å². The molecule has 4 heteroatoms. The smallest absolute Gasteiger partial charge is 0.261 e. The summed E-state index contributed by atoms with van der Waals surface area (Å²) >= 11 is 0. The largest absolute Gasteiger partial charge is 0.496 e. The molecule has 0 aliphatic rings. The number of nitrogen functional groups attached to an aromatic ring is 1. The first-order valence-corrected chi connectivity index (χ1v) is 5.93. The van der Waals surface area contributed by atoms with E-state index in [1.165, 1.54) is 7.11 Å². The van der Waals surface area contributed by atoms with Crippen LogP contribution in [0.15, 0.2) is 42.5 Å². The van der Waals surface area contributed by atoms with Crippen molar-refractivity contribution in [3.63, 3.8) is 0 Å². The third-order valence-electron chi connectivity index (χ3n) is 2.90. The van der Waals surface area contributed by atoms with E-state index in [-0.39, 0.29) is 5.91 Å². The number of rotatable bonds is 3. The van der Waals surface area contributed by atoms with Gasteiger partial charge in [0.25, 0.3) is 5.91 Å². The van der Waals surface area contributed by atoms with Crippen molar-refractivity contribution in [2.24, 2.45) is 0 Å². The van der Waals surface area contributed by atoms with Crippen LogP contribution < -0.4 is 15.8 Å². The van der Waals surface area contributed by atoms with Crippen LogP contribution in [0.25, 0.3) is 0 Å². The van der Waals surface area contributed by atoms with E-state index < -0.39 is 0 Å². The number of nitrogens with one attached hydrogen (secondary N) is 1. The molecule has 0 aromatic heterocycles. The summed E-state index contributed by atoms with van der Waals surface area (Å²) in [5, 5.41) is 2.84. The molecule has 0 spiro atoms. The molecule has 0 atom stereocenters. The fourth-order valence-electron chi connectivity index (χ4n) is 1.86. The van der Waals surface area contributed by atoms with E-state index in [1.54, 1.807) is 18.2 Å². The van der Waals surface area contributed by atoms with Gasteiger partial charge in [-0.3, -0.25) is 4.79 Å². The zero-order valence-corrected chi connectivity index (χ0v) is 10.9. The summed E-state index contributed by atoms with van der Waals surface area (Å²) < 4.78 is 5.17. The molecule has 4 nitrogen and oxygen atoms in total. The quantitative estimate of drug-likeness (QED) is 0.830. The molecule has 2 aromatic rings. The molecular formula is C15H16N2O2. The van der Waals surface area contributed by atoms with Gasteiger partial charge in [0.05, 0.1) is 7.11 Å². The highest BCUT2D eigenvalue weighted by molar-refractivity contribution is 6.10. The second-order valence-corrected chi connectivity index (χ2v) is 4.19. The monoisotopic (exact) mass is 256 g/mol. The first-order valence-electron chi connectivity index (χ1n) is 5.93. The second-order valence-electron chi connectivity index (χ2n) is 4.19. The van der Waals surface area contributed by atoms with Crippen molar-refractivity contribution in [3.05, 3.63) is 53.6 Å². The molecule has 2 aromatic carbocycles. The van der Waals surface area contributed by atoms with Crippen molar-refractivity contribution in [2.75, 3.05) is 18.2 Å². The number of benzene rings is 2. The van der Waals surface area contributed by atoms with Gasteiger partial charge >= 0.3 is 0 Å². The van der Waals surface area contributed by atoms with Crippen LogP contribution >= 0.6 is 0 Å². The number of ether oxygens (including phenoxy) is 1. The zero-order valence-electron chi connectivity index (χ0n) is 10.9. The first-order chi connectivity index (χ1) is 9.13. The minimum Gasteiger partial charge on any atom is -0.496 e. The molecule has 0 fully saturated rings. The minimum atomic E-state index is -0.274. The van der Waals surface area contributed by atoms with Crippen LogP contribution in [-0.4, -0.2) is 13.0 Å². The summed E-state index contributed by atoms with van der Waals surface area (Å²) in [5.74, 6) is 0.190. The number of hydrogen-bond donors (Lipinski definition) is 2. The number of amides is 1. The van der Waals surface area contributed by atoms with Gasteiger partial charge in [-0.25, -0.2) is 0 Å². The molecule has 0 radical (unpaired) electrons. The molecule has 0 unspecified atom stereocenters. The van der Waals surface area contributed by atoms with Crippen molar-refractivity contribution in [1.29, 1.82) is 0 Å². The van der Waals surface area contributed by atoms with E-state index in [1.807, 2.05) is 31.2 Å². The summed E-state index contributed by atoms with van der Waals surface area (Å²) in [4.78, 5) is 12.3. The van der Waals surface area contributed by atoms with Crippen LogP contribution in [0.4, 0.5) is 11.4 Å². The Bertz CT molecular complexity index is 609. The summed E-state index contributed by atoms with van der Waals surface area (Å²) in [6, 6.07) is 12.7. The number of carbonyl (C=O) groups is 1. The van der Waals surface area contributed by atoms with E-state index in [0.717, 1.165) is 11.3 Å². The van der Waals surface area contributed by atoms with Crippen LogP contribution in [0, 0.1) is 6.92 Å². The topological polar surface area (TPSA) is 64.3 Å². The Morgan fingerprint density at radius 1 is 1.16 bits per heavy atom. The van der Waals surface area contributed by atoms with Crippen LogP contribution in [0.1, 0.15) is 15.9 Å². The highest BCUT2D eigenvalue weighted by Gasteiger charge is 2.16. The van der Waals surface area contributed by atoms with Gasteiger partial charge in [-0.2, -0.15) is 0 Å². The Labute approximate surface area is 112 Å². The van der Waals surface area contributed by atoms with Crippen molar-refractivity contribution in [2.45, 2.75) is 6.92 Å². The lowest BCUT2D eigenvalue weighted by Crippen LogP contribution is -2.16. The Morgan fingerprint density at radius 2 is 1.89 bits per heavy atom. The molecule has 1 amide bonds. The normalized spacial score (nSPS) is 10.0. The van der Waals surface area contributed by atoms with Crippen LogP contribution in [0.5, 0.6) is 5.75 Å². The van der Waals surface area contributed by atoms with Gasteiger partial charge in [-0.1, -0.05) is 24.3 Å². The lowest BCUT2D eigenvalue weighted by molar-refractivity contribution is 0.102. The van der Waals surface area contributed by atoms with Gasteiger partial charge in [-0.15, -0.1) is 0 Å². The Balaban J connectivity index is 2.33. The molecule has 0 saturated heterocycles. The Kier molecular flexibility index (Phi) is 3.71. The molecule has 19 heavy (non-hydrogen) atoms. The maximum atomic E-state index is 12.3. The summed E-state index contributed by atoms with van der Waals surface area (Å²) in [7, 11) is 1.51. The number of aryl methyl sites for hydroxylation is 1. The summed E-state index contributed by atoms with van der Waals surface area (Å²) in [6.07, 6.45) is 0. The van der Waals surface area contributed by atoms with E-state index in [4.69, 9.17) is 10.5 Å². The highest BCUT2D eigenvalue weighted by Crippen LogP contribution is 2.25. The highest BCUT2D eigenvalue weighted by atomic mass is 16.5. The number of para-hydroxylation sites is 1. The van der Waals surface area contributed by atoms with Crippen molar-refractivity contribution >= 4 is 17.3 Å². The fraction of sp³-hybridized carbons (Fsp3) is 0.133. The fourth-order valence-corrected chi connectivity index (χ4v) is 1.86. The standard InChI is InChI=1S/C15H16N2O2/c1-10-6-3-4-8-12(10)17-15(18)14-11(16)7-5-9-13(14)19-2/h3-9H,16H2,1-2H3,(H,17,18). The second kappa shape index (κ2) is 5.44. The molecule has 3 N–H and O–H groups in total. The van der Waals surface area contributed by atoms with Crippen molar-refractivity contribution in [3.8, 4) is 5.75 Å². The molecule has 0 heterocycles. The molecule has 98 valence electrons. The van der Waals surface area contributed by atoms with Gasteiger partial charge in [0.2, 0.25) is 0 Å². The van der Waals surface area contributed by atoms with Crippen molar-refractivity contribution < 1.29 is 9.53 Å². The van der Waals surface area contributed by atoms with Crippen LogP contribution in [0.2, 0.25) is 0 Å². The summed E-state index contributed by atoms with van der Waals surface area (Å²) in [6.45, 7) is 1.93. The Hall–Kier alpha value is -2.49. The third kappa shape index (κ3) is 2.68. The average Bonchev–Trinajstić information content (AvgIpc) is 2.40. The van der Waals surface area contributed by atoms with Gasteiger partial charge in [0, 0.05) is 11.4 Å². The zero-order chi connectivity index (χ0) is 13.8. The van der Waals surface area contributed by atoms with Gasteiger partial charge in [-0.05, 0) is 30.7 Å². The van der Waals surface area contributed by atoms with Gasteiger partial charge in [0.15, 0.2) is 0 Å². The minimum absolute atomic E-state index is 0.274. The molecule has 0 aliphatic carbocycles. The maximum Gasteiger partial charge on any atom is 0.261 e. The average molecular weight is 256 g/mol. The molecule has 0 saturated carbocycles. The molecule has 2 rings (SSSR count). The predicted octanol–water partition coefficient (Wildman–Crippen LogP) is 2.84. The molecule has 0 aliphatic heterocycles. The molecular weight excluding hydrogens is 240 g/mol.